The number of hydrogen-bond donors (Lipinski definition) is 1. The summed E-state index contributed by atoms with van der Waals surface area (Å²) in [6, 6.07) is 15.2. The minimum atomic E-state index is -0.437. The van der Waals surface area contributed by atoms with Gasteiger partial charge in [-0.1, -0.05) is 35.9 Å². The van der Waals surface area contributed by atoms with Crippen molar-refractivity contribution in [1.29, 1.82) is 5.26 Å². The molecular formula is C25H18ClN5O4. The number of hydrogen-bond acceptors (Lipinski definition) is 6. The van der Waals surface area contributed by atoms with Crippen LogP contribution in [0.25, 0.3) is 16.5 Å². The molecule has 1 fully saturated rings. The summed E-state index contributed by atoms with van der Waals surface area (Å²) in [4.78, 5) is 32.2. The number of nitriles is 1. The van der Waals surface area contributed by atoms with Gasteiger partial charge in [-0.3, -0.25) is 9.36 Å². The van der Waals surface area contributed by atoms with Gasteiger partial charge in [0, 0.05) is 22.3 Å². The Bertz CT molecular complexity index is 1600. The number of likely N-dealkylation sites (tertiary alicyclic amines) is 1. The highest BCUT2D eigenvalue weighted by Crippen LogP contribution is 2.48. The van der Waals surface area contributed by atoms with Gasteiger partial charge in [0.05, 0.1) is 24.0 Å². The zero-order chi connectivity index (χ0) is 24.3. The molecule has 6 rings (SSSR count). The molecule has 0 aliphatic carbocycles. The Morgan fingerprint density at radius 1 is 1.20 bits per heavy atom. The van der Waals surface area contributed by atoms with Crippen molar-refractivity contribution >= 4 is 28.3 Å². The van der Waals surface area contributed by atoms with Gasteiger partial charge in [-0.2, -0.15) is 5.26 Å². The van der Waals surface area contributed by atoms with Crippen LogP contribution in [0.4, 0.5) is 0 Å². The molecule has 2 bridgehead atoms. The molecule has 2 aromatic heterocycles. The summed E-state index contributed by atoms with van der Waals surface area (Å²) in [6.45, 7) is 0.191. The van der Waals surface area contributed by atoms with Gasteiger partial charge in [0.15, 0.2) is 6.61 Å². The Morgan fingerprint density at radius 3 is 2.69 bits per heavy atom. The van der Waals surface area contributed by atoms with E-state index in [1.54, 1.807) is 58.0 Å². The molecule has 1 amide bonds. The third-order valence-electron chi connectivity index (χ3n) is 6.67. The SMILES string of the molecule is N#Cc1ncc(-n2c(O)c3n(c2=O)[C@@H]2CC3N(C(=O)COc3ccc(Cl)cc3)C2)c2ccccc12. The Morgan fingerprint density at radius 2 is 1.94 bits per heavy atom. The molecule has 9 nitrogen and oxygen atoms in total. The van der Waals surface area contributed by atoms with Crippen molar-refractivity contribution in [2.75, 3.05) is 13.2 Å². The van der Waals surface area contributed by atoms with Gasteiger partial charge < -0.3 is 14.7 Å². The highest BCUT2D eigenvalue weighted by atomic mass is 35.5. The van der Waals surface area contributed by atoms with Crippen molar-refractivity contribution in [3.8, 4) is 23.4 Å². The Hall–Kier alpha value is -4.29. The van der Waals surface area contributed by atoms with Gasteiger partial charge >= 0.3 is 5.69 Å². The van der Waals surface area contributed by atoms with E-state index in [9.17, 15) is 20.0 Å². The predicted molar refractivity (Wildman–Crippen MR) is 127 cm³/mol. The molecule has 2 atom stereocenters. The van der Waals surface area contributed by atoms with Crippen LogP contribution >= 0.6 is 11.6 Å². The summed E-state index contributed by atoms with van der Waals surface area (Å²) in [7, 11) is 0. The lowest BCUT2D eigenvalue weighted by Gasteiger charge is -2.27. The third kappa shape index (κ3) is 3.18. The number of halogens is 1. The van der Waals surface area contributed by atoms with Crippen LogP contribution in [0.5, 0.6) is 11.6 Å². The lowest BCUT2D eigenvalue weighted by Crippen LogP contribution is -2.40. The number of rotatable bonds is 4. The fraction of sp³-hybridized carbons (Fsp3) is 0.200. The van der Waals surface area contributed by atoms with Crippen LogP contribution in [0.15, 0.2) is 59.5 Å². The second-order valence-electron chi connectivity index (χ2n) is 8.54. The number of benzene rings is 2. The number of ether oxygens (including phenoxy) is 1. The van der Waals surface area contributed by atoms with Crippen molar-refractivity contribution in [1.82, 2.24) is 19.0 Å². The first kappa shape index (κ1) is 21.3. The van der Waals surface area contributed by atoms with Gasteiger partial charge in [0.2, 0.25) is 5.88 Å². The van der Waals surface area contributed by atoms with Gasteiger partial charge in [-0.25, -0.2) is 14.3 Å². The lowest BCUT2D eigenvalue weighted by molar-refractivity contribution is -0.134. The van der Waals surface area contributed by atoms with Crippen LogP contribution in [-0.4, -0.2) is 43.2 Å². The molecule has 2 aromatic carbocycles. The molecule has 2 aliphatic rings. The van der Waals surface area contributed by atoms with E-state index in [1.807, 2.05) is 0 Å². The topological polar surface area (TPSA) is 113 Å². The molecule has 4 aromatic rings. The minimum Gasteiger partial charge on any atom is -0.493 e. The highest BCUT2D eigenvalue weighted by molar-refractivity contribution is 6.30. The lowest BCUT2D eigenvalue weighted by atomic mass is 10.1. The number of carbonyl (C=O) groups is 1. The van der Waals surface area contributed by atoms with Gasteiger partial charge in [-0.05, 0) is 30.7 Å². The summed E-state index contributed by atoms with van der Waals surface area (Å²) < 4.78 is 8.39. The van der Waals surface area contributed by atoms with Crippen LogP contribution < -0.4 is 10.4 Å². The number of imidazole rings is 1. The zero-order valence-electron chi connectivity index (χ0n) is 18.3. The number of nitrogens with zero attached hydrogens (tertiary/aromatic N) is 5. The van der Waals surface area contributed by atoms with E-state index in [1.165, 1.54) is 10.8 Å². The van der Waals surface area contributed by atoms with Gasteiger partial charge in [0.1, 0.15) is 23.2 Å². The average molecular weight is 488 g/mol. The molecule has 2 aliphatic heterocycles. The van der Waals surface area contributed by atoms with E-state index in [0.29, 0.717) is 45.9 Å². The maximum atomic E-state index is 13.4. The number of fused-ring (bicyclic) bond motifs is 6. The van der Waals surface area contributed by atoms with E-state index in [-0.39, 0.29) is 30.1 Å². The van der Waals surface area contributed by atoms with Crippen LogP contribution in [0, 0.1) is 11.3 Å². The minimum absolute atomic E-state index is 0.166. The fourth-order valence-corrected chi connectivity index (χ4v) is 5.27. The maximum Gasteiger partial charge on any atom is 0.336 e. The Balaban J connectivity index is 1.34. The third-order valence-corrected chi connectivity index (χ3v) is 6.93. The van der Waals surface area contributed by atoms with Crippen molar-refractivity contribution in [2.45, 2.75) is 18.5 Å². The molecule has 35 heavy (non-hydrogen) atoms. The van der Waals surface area contributed by atoms with E-state index in [0.717, 1.165) is 0 Å². The molecule has 1 saturated heterocycles. The molecule has 1 N–H and O–H groups in total. The summed E-state index contributed by atoms with van der Waals surface area (Å²) in [6.07, 6.45) is 1.97. The first-order chi connectivity index (χ1) is 17.0. The maximum absolute atomic E-state index is 13.4. The number of amides is 1. The summed E-state index contributed by atoms with van der Waals surface area (Å²) >= 11 is 5.89. The molecule has 0 saturated carbocycles. The second kappa shape index (κ2) is 7.89. The largest absolute Gasteiger partial charge is 0.493 e. The average Bonchev–Trinajstić information content (AvgIpc) is 3.54. The first-order valence-corrected chi connectivity index (χ1v) is 11.4. The monoisotopic (exact) mass is 487 g/mol. The molecule has 0 spiro atoms. The molecular weight excluding hydrogens is 470 g/mol. The van der Waals surface area contributed by atoms with Crippen LogP contribution in [0.2, 0.25) is 5.02 Å². The molecule has 0 radical (unpaired) electrons. The Labute approximate surface area is 204 Å². The van der Waals surface area contributed by atoms with Gasteiger partial charge in [-0.15, -0.1) is 0 Å². The molecule has 4 heterocycles. The number of pyridine rings is 1. The summed E-state index contributed by atoms with van der Waals surface area (Å²) in [5.74, 6) is 0.0669. The van der Waals surface area contributed by atoms with E-state index in [2.05, 4.69) is 11.1 Å². The van der Waals surface area contributed by atoms with Crippen LogP contribution in [0.3, 0.4) is 0 Å². The van der Waals surface area contributed by atoms with Gasteiger partial charge in [0.25, 0.3) is 5.91 Å². The second-order valence-corrected chi connectivity index (χ2v) is 8.98. The number of aromatic nitrogens is 3. The van der Waals surface area contributed by atoms with Crippen LogP contribution in [-0.2, 0) is 4.79 Å². The predicted octanol–water partition coefficient (Wildman–Crippen LogP) is 3.32. The van der Waals surface area contributed by atoms with Crippen molar-refractivity contribution in [3.63, 3.8) is 0 Å². The standard InChI is InChI=1S/C25H18ClN5O4/c26-14-5-7-16(8-6-14)35-13-22(32)29-12-15-9-20(29)23-24(33)31(25(34)30(15)23)21-11-28-19(10-27)17-3-1-2-4-18(17)21/h1-8,11,15,20,33H,9,12-13H2/t15-,20?/m1/s1. The van der Waals surface area contributed by atoms with Crippen LogP contribution in [0.1, 0.15) is 29.9 Å². The Kier molecular flexibility index (Phi) is 4.79. The molecule has 1 unspecified atom stereocenters. The number of aromatic hydroxyl groups is 1. The smallest absolute Gasteiger partial charge is 0.336 e. The molecule has 174 valence electrons. The van der Waals surface area contributed by atoms with Crippen molar-refractivity contribution < 1.29 is 14.6 Å². The van der Waals surface area contributed by atoms with Crippen molar-refractivity contribution in [2.24, 2.45) is 0 Å². The fourth-order valence-electron chi connectivity index (χ4n) is 5.14. The quantitative estimate of drug-likeness (QED) is 0.472. The van der Waals surface area contributed by atoms with E-state index < -0.39 is 11.7 Å². The van der Waals surface area contributed by atoms with E-state index >= 15 is 0 Å². The van der Waals surface area contributed by atoms with Crippen molar-refractivity contribution in [3.05, 3.63) is 81.6 Å². The highest BCUT2D eigenvalue weighted by Gasteiger charge is 2.49. The van der Waals surface area contributed by atoms with E-state index in [4.69, 9.17) is 16.3 Å². The molecule has 10 heteroatoms. The normalized spacial score (nSPS) is 18.0. The first-order valence-electron chi connectivity index (χ1n) is 11.0. The summed E-state index contributed by atoms with van der Waals surface area (Å²) in [5.41, 5.74) is 0.624. The number of carbonyl (C=O) groups excluding carboxylic acids is 1. The summed E-state index contributed by atoms with van der Waals surface area (Å²) in [5, 5.41) is 22.4. The zero-order valence-corrected chi connectivity index (χ0v) is 19.0.